The van der Waals surface area contributed by atoms with Crippen LogP contribution in [0, 0.1) is 0 Å². The summed E-state index contributed by atoms with van der Waals surface area (Å²) in [5.74, 6) is 0.189. The average molecular weight is 373 g/mol. The molecular formula is C15H21BrN2O4. The number of hydrogen-bond acceptors (Lipinski definition) is 5. The van der Waals surface area contributed by atoms with Gasteiger partial charge in [-0.15, -0.1) is 0 Å². The minimum absolute atomic E-state index is 0.183. The van der Waals surface area contributed by atoms with Gasteiger partial charge >= 0.3 is 0 Å². The number of hydrogen-bond donors (Lipinski definition) is 2. The van der Waals surface area contributed by atoms with Crippen molar-refractivity contribution in [3.8, 4) is 5.88 Å². The number of nitrogens with one attached hydrogen (secondary N) is 1. The van der Waals surface area contributed by atoms with Crippen LogP contribution < -0.4 is 10.1 Å². The number of halogens is 1. The van der Waals surface area contributed by atoms with Gasteiger partial charge in [0.25, 0.3) is 5.91 Å². The first-order valence-corrected chi connectivity index (χ1v) is 8.17. The Hall–Kier alpha value is -1.18. The van der Waals surface area contributed by atoms with Crippen LogP contribution in [0.1, 0.15) is 36.0 Å². The number of carbonyl (C=O) groups is 1. The van der Waals surface area contributed by atoms with Gasteiger partial charge in [0.1, 0.15) is 6.61 Å². The van der Waals surface area contributed by atoms with Crippen LogP contribution in [0.5, 0.6) is 5.88 Å². The van der Waals surface area contributed by atoms with Gasteiger partial charge in [0.2, 0.25) is 5.88 Å². The Morgan fingerprint density at radius 1 is 1.45 bits per heavy atom. The lowest BCUT2D eigenvalue weighted by molar-refractivity contribution is 0.0717. The topological polar surface area (TPSA) is 80.7 Å². The number of carbonyl (C=O) groups excluding carboxylic acids is 1. The van der Waals surface area contributed by atoms with E-state index in [0.717, 1.165) is 25.7 Å². The number of aliphatic hydroxyl groups is 1. The minimum Gasteiger partial charge on any atom is -0.474 e. The summed E-state index contributed by atoms with van der Waals surface area (Å²) in [6.07, 6.45) is 4.58. The molecular weight excluding hydrogens is 352 g/mol. The molecule has 0 saturated heterocycles. The summed E-state index contributed by atoms with van der Waals surface area (Å²) < 4.78 is 10.9. The van der Waals surface area contributed by atoms with E-state index in [4.69, 9.17) is 9.47 Å². The van der Waals surface area contributed by atoms with Gasteiger partial charge in [-0.2, -0.15) is 0 Å². The molecule has 1 aliphatic carbocycles. The first-order valence-electron chi connectivity index (χ1n) is 7.38. The average Bonchev–Trinajstić information content (AvgIpc) is 2.51. The van der Waals surface area contributed by atoms with Crippen LogP contribution in [0.2, 0.25) is 0 Å². The zero-order valence-corrected chi connectivity index (χ0v) is 14.1. The number of aromatic nitrogens is 1. The third-order valence-corrected chi connectivity index (χ3v) is 4.21. The third kappa shape index (κ3) is 4.66. The van der Waals surface area contributed by atoms with Crippen molar-refractivity contribution in [1.82, 2.24) is 10.3 Å². The second-order valence-corrected chi connectivity index (χ2v) is 6.14. The van der Waals surface area contributed by atoms with Gasteiger partial charge in [0, 0.05) is 13.3 Å². The Balaban J connectivity index is 1.96. The second-order valence-electron chi connectivity index (χ2n) is 5.28. The van der Waals surface area contributed by atoms with Crippen LogP contribution in [0.25, 0.3) is 0 Å². The van der Waals surface area contributed by atoms with E-state index in [1.165, 1.54) is 6.20 Å². The molecule has 0 aromatic carbocycles. The fourth-order valence-corrected chi connectivity index (χ4v) is 2.87. The molecule has 6 nitrogen and oxygen atoms in total. The number of methoxy groups -OCH3 is 1. The van der Waals surface area contributed by atoms with E-state index >= 15 is 0 Å². The number of rotatable bonds is 6. The van der Waals surface area contributed by atoms with Crippen molar-refractivity contribution in [1.29, 1.82) is 0 Å². The molecule has 122 valence electrons. The summed E-state index contributed by atoms with van der Waals surface area (Å²) in [6.45, 7) is 0.859. The van der Waals surface area contributed by atoms with Crippen LogP contribution in [0.4, 0.5) is 0 Å². The molecule has 2 atom stereocenters. The smallest absolute Gasteiger partial charge is 0.253 e. The standard InChI is InChI=1S/C15H21BrN2O4/c1-21-6-7-22-15-11(16)8-10(9-17-15)14(20)18-12-4-2-3-5-13(12)19/h8-9,12-13,19H,2-7H2,1H3,(H,18,20)/t12-,13-/m1/s1. The Bertz CT molecular complexity index is 512. The van der Waals surface area contributed by atoms with Crippen LogP contribution >= 0.6 is 15.9 Å². The van der Waals surface area contributed by atoms with Crippen LogP contribution in [0.3, 0.4) is 0 Å². The lowest BCUT2D eigenvalue weighted by atomic mass is 9.92. The number of pyridine rings is 1. The maximum atomic E-state index is 12.2. The molecule has 1 aromatic heterocycles. The van der Waals surface area contributed by atoms with Crippen LogP contribution in [-0.4, -0.2) is 48.5 Å². The second kappa shape index (κ2) is 8.45. The van der Waals surface area contributed by atoms with Crippen molar-refractivity contribution in [3.05, 3.63) is 22.3 Å². The lowest BCUT2D eigenvalue weighted by Crippen LogP contribution is -2.45. The summed E-state index contributed by atoms with van der Waals surface area (Å²) in [5, 5.41) is 12.8. The SMILES string of the molecule is COCCOc1ncc(C(=O)N[C@@H]2CCCC[C@H]2O)cc1Br. The van der Waals surface area contributed by atoms with Crippen LogP contribution in [-0.2, 0) is 4.74 Å². The highest BCUT2D eigenvalue weighted by Gasteiger charge is 2.25. The molecule has 1 aromatic rings. The molecule has 0 spiro atoms. The Morgan fingerprint density at radius 2 is 2.23 bits per heavy atom. The van der Waals surface area contributed by atoms with Crippen LogP contribution in [0.15, 0.2) is 16.7 Å². The maximum absolute atomic E-state index is 12.2. The molecule has 22 heavy (non-hydrogen) atoms. The highest BCUT2D eigenvalue weighted by molar-refractivity contribution is 9.10. The molecule has 0 radical (unpaired) electrons. The number of aliphatic hydroxyl groups excluding tert-OH is 1. The van der Waals surface area contributed by atoms with Crippen molar-refractivity contribution < 1.29 is 19.4 Å². The minimum atomic E-state index is -0.467. The normalized spacial score (nSPS) is 21.4. The van der Waals surface area contributed by atoms with Crippen molar-refractivity contribution in [3.63, 3.8) is 0 Å². The first-order chi connectivity index (χ1) is 10.6. The van der Waals surface area contributed by atoms with Gasteiger partial charge in [0.15, 0.2) is 0 Å². The summed E-state index contributed by atoms with van der Waals surface area (Å²) in [4.78, 5) is 16.4. The van der Waals surface area contributed by atoms with Crippen molar-refractivity contribution in [2.75, 3.05) is 20.3 Å². The highest BCUT2D eigenvalue weighted by Crippen LogP contribution is 2.24. The van der Waals surface area contributed by atoms with Gasteiger partial charge in [-0.25, -0.2) is 4.98 Å². The Morgan fingerprint density at radius 3 is 2.91 bits per heavy atom. The quantitative estimate of drug-likeness (QED) is 0.745. The fraction of sp³-hybridized carbons (Fsp3) is 0.600. The molecule has 2 rings (SSSR count). The van der Waals surface area contributed by atoms with E-state index in [-0.39, 0.29) is 11.9 Å². The molecule has 1 saturated carbocycles. The summed E-state index contributed by atoms with van der Waals surface area (Å²) in [5.41, 5.74) is 0.434. The monoisotopic (exact) mass is 372 g/mol. The molecule has 0 unspecified atom stereocenters. The fourth-order valence-electron chi connectivity index (χ4n) is 2.41. The molecule has 7 heteroatoms. The largest absolute Gasteiger partial charge is 0.474 e. The predicted octanol–water partition coefficient (Wildman–Crippen LogP) is 1.90. The van der Waals surface area contributed by atoms with Crippen molar-refractivity contribution >= 4 is 21.8 Å². The van der Waals surface area contributed by atoms with Crippen molar-refractivity contribution in [2.24, 2.45) is 0 Å². The first kappa shape index (κ1) is 17.2. The van der Waals surface area contributed by atoms with Gasteiger partial charge in [-0.05, 0) is 34.8 Å². The molecule has 1 heterocycles. The molecule has 1 aliphatic rings. The summed E-state index contributed by atoms with van der Waals surface area (Å²) in [7, 11) is 1.60. The third-order valence-electron chi connectivity index (χ3n) is 3.64. The number of amides is 1. The summed E-state index contributed by atoms with van der Waals surface area (Å²) >= 11 is 3.35. The van der Waals surface area contributed by atoms with Gasteiger partial charge in [-0.1, -0.05) is 12.8 Å². The Kier molecular flexibility index (Phi) is 6.60. The molecule has 0 bridgehead atoms. The van der Waals surface area contributed by atoms with Crippen molar-refractivity contribution in [2.45, 2.75) is 37.8 Å². The predicted molar refractivity (Wildman–Crippen MR) is 85.0 cm³/mol. The van der Waals surface area contributed by atoms with E-state index in [9.17, 15) is 9.90 Å². The molecule has 2 N–H and O–H groups in total. The number of nitrogens with zero attached hydrogens (tertiary/aromatic N) is 1. The molecule has 0 aliphatic heterocycles. The van der Waals surface area contributed by atoms with E-state index in [0.29, 0.717) is 29.1 Å². The maximum Gasteiger partial charge on any atom is 0.253 e. The van der Waals surface area contributed by atoms with E-state index < -0.39 is 6.10 Å². The molecule has 1 amide bonds. The van der Waals surface area contributed by atoms with Gasteiger partial charge < -0.3 is 19.9 Å². The van der Waals surface area contributed by atoms with Gasteiger partial charge in [-0.3, -0.25) is 4.79 Å². The lowest BCUT2D eigenvalue weighted by Gasteiger charge is -2.28. The zero-order valence-electron chi connectivity index (χ0n) is 12.5. The van der Waals surface area contributed by atoms with E-state index in [2.05, 4.69) is 26.2 Å². The Labute approximate surface area is 138 Å². The van der Waals surface area contributed by atoms with Gasteiger partial charge in [0.05, 0.1) is 28.8 Å². The summed E-state index contributed by atoms with van der Waals surface area (Å²) in [6, 6.07) is 1.48. The highest BCUT2D eigenvalue weighted by atomic mass is 79.9. The number of ether oxygens (including phenoxy) is 2. The molecule has 1 fully saturated rings. The van der Waals surface area contributed by atoms with E-state index in [1.54, 1.807) is 13.2 Å². The van der Waals surface area contributed by atoms with E-state index in [1.807, 2.05) is 0 Å². The zero-order chi connectivity index (χ0) is 15.9.